The summed E-state index contributed by atoms with van der Waals surface area (Å²) in [6.07, 6.45) is 2.05. The molecule has 3 rings (SSSR count). The number of rotatable bonds is 0. The Morgan fingerprint density at radius 1 is 1.24 bits per heavy atom. The van der Waals surface area contributed by atoms with Crippen molar-refractivity contribution in [1.82, 2.24) is 0 Å². The van der Waals surface area contributed by atoms with Gasteiger partial charge < -0.3 is 9.47 Å². The quantitative estimate of drug-likeness (QED) is 0.682. The minimum Gasteiger partial charge on any atom is -0.349 e. The Hall–Kier alpha value is -0.860. The SMILES string of the molecule is CC(C)(C)[C@@]12Cc3ccccc3[C@@H](CCO1)O2. The highest BCUT2D eigenvalue weighted by atomic mass is 16.7. The highest BCUT2D eigenvalue weighted by Crippen LogP contribution is 2.49. The molecule has 1 aromatic carbocycles. The second-order valence-corrected chi connectivity index (χ2v) is 6.12. The van der Waals surface area contributed by atoms with Crippen LogP contribution in [0.1, 0.15) is 44.4 Å². The van der Waals surface area contributed by atoms with Gasteiger partial charge in [-0.25, -0.2) is 0 Å². The molecule has 0 aromatic heterocycles. The Balaban J connectivity index is 2.08. The third-order valence-electron chi connectivity index (χ3n) is 4.02. The molecule has 0 amide bonds. The number of fused-ring (bicyclic) bond motifs is 4. The van der Waals surface area contributed by atoms with Gasteiger partial charge in [0.2, 0.25) is 0 Å². The maximum atomic E-state index is 6.28. The lowest BCUT2D eigenvalue weighted by Crippen LogP contribution is -2.55. The van der Waals surface area contributed by atoms with E-state index in [0.29, 0.717) is 0 Å². The fourth-order valence-corrected chi connectivity index (χ4v) is 2.88. The van der Waals surface area contributed by atoms with Crippen molar-refractivity contribution in [2.75, 3.05) is 6.61 Å². The molecular formula is C15H20O2. The molecule has 2 atom stereocenters. The van der Waals surface area contributed by atoms with Crippen molar-refractivity contribution in [1.29, 1.82) is 0 Å². The largest absolute Gasteiger partial charge is 0.349 e. The third kappa shape index (κ3) is 1.62. The molecule has 2 heteroatoms. The van der Waals surface area contributed by atoms with Crippen LogP contribution in [-0.2, 0) is 15.9 Å². The van der Waals surface area contributed by atoms with Gasteiger partial charge >= 0.3 is 0 Å². The zero-order valence-electron chi connectivity index (χ0n) is 10.8. The molecule has 0 N–H and O–H groups in total. The van der Waals surface area contributed by atoms with E-state index in [9.17, 15) is 0 Å². The fraction of sp³-hybridized carbons (Fsp3) is 0.600. The molecule has 1 aromatic rings. The van der Waals surface area contributed by atoms with Gasteiger partial charge in [0.1, 0.15) is 0 Å². The number of benzene rings is 1. The summed E-state index contributed by atoms with van der Waals surface area (Å²) in [6.45, 7) is 7.40. The van der Waals surface area contributed by atoms with Crippen LogP contribution in [0, 0.1) is 5.41 Å². The van der Waals surface area contributed by atoms with Crippen LogP contribution in [-0.4, -0.2) is 12.4 Å². The lowest BCUT2D eigenvalue weighted by atomic mass is 9.77. The second-order valence-electron chi connectivity index (χ2n) is 6.12. The monoisotopic (exact) mass is 232 g/mol. The van der Waals surface area contributed by atoms with Crippen molar-refractivity contribution < 1.29 is 9.47 Å². The van der Waals surface area contributed by atoms with Crippen molar-refractivity contribution in [3.05, 3.63) is 35.4 Å². The molecule has 1 saturated heterocycles. The summed E-state index contributed by atoms with van der Waals surface area (Å²) in [4.78, 5) is 0. The van der Waals surface area contributed by atoms with Crippen molar-refractivity contribution in [3.63, 3.8) is 0 Å². The summed E-state index contributed by atoms with van der Waals surface area (Å²) < 4.78 is 12.3. The van der Waals surface area contributed by atoms with Gasteiger partial charge in [-0.05, 0) is 11.1 Å². The molecule has 1 fully saturated rings. The molecule has 17 heavy (non-hydrogen) atoms. The number of hydrogen-bond donors (Lipinski definition) is 0. The molecule has 92 valence electrons. The number of hydrogen-bond acceptors (Lipinski definition) is 2. The van der Waals surface area contributed by atoms with Gasteiger partial charge in [0.05, 0.1) is 12.7 Å². The standard InChI is InChI=1S/C15H20O2/c1-14(2,3)15-10-11-6-4-5-7-12(11)13(17-15)8-9-16-15/h4-7,13H,8-10H2,1-3H3/t13-,15+/m1/s1. The van der Waals surface area contributed by atoms with Gasteiger partial charge in [-0.15, -0.1) is 0 Å². The third-order valence-corrected chi connectivity index (χ3v) is 4.02. The topological polar surface area (TPSA) is 18.5 Å². The lowest BCUT2D eigenvalue weighted by Gasteiger charge is -2.52. The highest BCUT2D eigenvalue weighted by Gasteiger charge is 2.51. The summed E-state index contributed by atoms with van der Waals surface area (Å²) in [5, 5.41) is 0. The highest BCUT2D eigenvalue weighted by molar-refractivity contribution is 5.33. The van der Waals surface area contributed by atoms with Gasteiger partial charge in [-0.1, -0.05) is 45.0 Å². The van der Waals surface area contributed by atoms with E-state index in [1.165, 1.54) is 11.1 Å². The fourth-order valence-electron chi connectivity index (χ4n) is 2.88. The maximum Gasteiger partial charge on any atom is 0.177 e. The smallest absolute Gasteiger partial charge is 0.177 e. The number of ether oxygens (including phenoxy) is 2. The Bertz CT molecular complexity index is 433. The van der Waals surface area contributed by atoms with E-state index in [1.807, 2.05) is 0 Å². The Labute approximate surface area is 103 Å². The predicted octanol–water partition coefficient (Wildman–Crippen LogP) is 3.46. The van der Waals surface area contributed by atoms with Crippen LogP contribution >= 0.6 is 0 Å². The van der Waals surface area contributed by atoms with Crippen LogP contribution < -0.4 is 0 Å². The van der Waals surface area contributed by atoms with E-state index in [2.05, 4.69) is 45.0 Å². The first-order chi connectivity index (χ1) is 8.02. The van der Waals surface area contributed by atoms with Gasteiger partial charge in [0.25, 0.3) is 0 Å². The molecular weight excluding hydrogens is 212 g/mol. The second kappa shape index (κ2) is 3.56. The van der Waals surface area contributed by atoms with Gasteiger partial charge in [-0.3, -0.25) is 0 Å². The van der Waals surface area contributed by atoms with Crippen LogP contribution in [0.15, 0.2) is 24.3 Å². The van der Waals surface area contributed by atoms with Crippen molar-refractivity contribution in [2.24, 2.45) is 5.41 Å². The van der Waals surface area contributed by atoms with Crippen LogP contribution in [0.2, 0.25) is 0 Å². The lowest BCUT2D eigenvalue weighted by molar-refractivity contribution is -0.344. The average molecular weight is 232 g/mol. The Kier molecular flexibility index (Phi) is 2.36. The molecule has 0 radical (unpaired) electrons. The molecule has 2 bridgehead atoms. The van der Waals surface area contributed by atoms with Gasteiger partial charge in [0.15, 0.2) is 5.79 Å². The summed E-state index contributed by atoms with van der Waals surface area (Å²) in [5.41, 5.74) is 2.74. The molecule has 0 unspecified atom stereocenters. The molecule has 0 saturated carbocycles. The zero-order valence-corrected chi connectivity index (χ0v) is 10.8. The summed E-state index contributed by atoms with van der Waals surface area (Å²) in [5.74, 6) is -0.440. The first-order valence-corrected chi connectivity index (χ1v) is 6.41. The van der Waals surface area contributed by atoms with Crippen molar-refractivity contribution >= 4 is 0 Å². The molecule has 2 aliphatic heterocycles. The zero-order chi connectivity index (χ0) is 12.1. The Morgan fingerprint density at radius 2 is 2.00 bits per heavy atom. The van der Waals surface area contributed by atoms with E-state index in [-0.39, 0.29) is 11.5 Å². The van der Waals surface area contributed by atoms with Crippen molar-refractivity contribution in [3.8, 4) is 0 Å². The van der Waals surface area contributed by atoms with Crippen LogP contribution in [0.3, 0.4) is 0 Å². The van der Waals surface area contributed by atoms with Gasteiger partial charge in [-0.2, -0.15) is 0 Å². The molecule has 0 spiro atoms. The van der Waals surface area contributed by atoms with E-state index >= 15 is 0 Å². The predicted molar refractivity (Wildman–Crippen MR) is 66.7 cm³/mol. The summed E-state index contributed by atoms with van der Waals surface area (Å²) >= 11 is 0. The molecule has 2 aliphatic rings. The minimum absolute atomic E-state index is 0.000792. The molecule has 2 nitrogen and oxygen atoms in total. The Morgan fingerprint density at radius 3 is 2.76 bits per heavy atom. The van der Waals surface area contributed by atoms with E-state index in [4.69, 9.17) is 9.47 Å². The van der Waals surface area contributed by atoms with E-state index < -0.39 is 5.79 Å². The summed E-state index contributed by atoms with van der Waals surface area (Å²) in [6, 6.07) is 8.61. The first-order valence-electron chi connectivity index (χ1n) is 6.41. The van der Waals surface area contributed by atoms with E-state index in [0.717, 1.165) is 19.4 Å². The van der Waals surface area contributed by atoms with E-state index in [1.54, 1.807) is 0 Å². The minimum atomic E-state index is -0.440. The van der Waals surface area contributed by atoms with Crippen LogP contribution in [0.5, 0.6) is 0 Å². The first kappa shape index (κ1) is 11.2. The van der Waals surface area contributed by atoms with Crippen LogP contribution in [0.4, 0.5) is 0 Å². The maximum absolute atomic E-state index is 6.28. The normalized spacial score (nSPS) is 32.1. The van der Waals surface area contributed by atoms with Gasteiger partial charge in [0, 0.05) is 18.3 Å². The molecule has 0 aliphatic carbocycles. The molecule has 2 heterocycles. The average Bonchev–Trinajstić information content (AvgIpc) is 2.28. The van der Waals surface area contributed by atoms with Crippen LogP contribution in [0.25, 0.3) is 0 Å². The summed E-state index contributed by atoms with van der Waals surface area (Å²) in [7, 11) is 0. The van der Waals surface area contributed by atoms with Crippen molar-refractivity contribution in [2.45, 2.75) is 45.5 Å².